The molecule has 1 aromatic carbocycles. The van der Waals surface area contributed by atoms with Gasteiger partial charge in [0, 0.05) is 22.3 Å². The molecule has 192 valence electrons. The molecule has 0 radical (unpaired) electrons. The van der Waals surface area contributed by atoms with Gasteiger partial charge < -0.3 is 20.4 Å². The highest BCUT2D eigenvalue weighted by Crippen LogP contribution is 2.65. The predicted octanol–water partition coefficient (Wildman–Crippen LogP) is 4.69. The normalized spacial score (nSPS) is 31.9. The van der Waals surface area contributed by atoms with Gasteiger partial charge in [-0.05, 0) is 62.3 Å². The van der Waals surface area contributed by atoms with E-state index in [1.165, 1.54) is 0 Å². The highest BCUT2D eigenvalue weighted by atomic mass is 16.3. The molecule has 0 saturated heterocycles. The van der Waals surface area contributed by atoms with E-state index in [2.05, 4.69) is 6.58 Å². The van der Waals surface area contributed by atoms with Crippen molar-refractivity contribution >= 4 is 22.9 Å². The molecule has 7 heteroatoms. The molecule has 4 rings (SSSR count). The second-order valence-corrected chi connectivity index (χ2v) is 11.7. The van der Waals surface area contributed by atoms with Crippen molar-refractivity contribution in [3.8, 4) is 5.75 Å². The third-order valence-corrected chi connectivity index (χ3v) is 8.66. The van der Waals surface area contributed by atoms with Gasteiger partial charge in [-0.3, -0.25) is 14.4 Å². The van der Waals surface area contributed by atoms with E-state index < -0.39 is 56.8 Å². The van der Waals surface area contributed by atoms with Crippen LogP contribution >= 0.6 is 0 Å². The van der Waals surface area contributed by atoms with Crippen LogP contribution in [0.5, 0.6) is 5.75 Å². The van der Waals surface area contributed by atoms with Crippen LogP contribution in [0.25, 0.3) is 5.57 Å². The summed E-state index contributed by atoms with van der Waals surface area (Å²) in [5.74, 6) is -5.11. The third-order valence-electron chi connectivity index (χ3n) is 8.66. The largest absolute Gasteiger partial charge is 0.511 e. The van der Waals surface area contributed by atoms with Crippen LogP contribution in [0.2, 0.25) is 0 Å². The van der Waals surface area contributed by atoms with E-state index in [4.69, 9.17) is 0 Å². The number of aliphatic hydroxyl groups is 3. The minimum absolute atomic E-state index is 0.0214. The van der Waals surface area contributed by atoms with Crippen molar-refractivity contribution in [1.29, 1.82) is 0 Å². The molecule has 0 aromatic heterocycles. The Hall–Kier alpha value is -3.19. The van der Waals surface area contributed by atoms with Crippen LogP contribution in [0.15, 0.2) is 35.3 Å². The Morgan fingerprint density at radius 1 is 1.14 bits per heavy atom. The molecule has 3 aliphatic rings. The van der Waals surface area contributed by atoms with Crippen molar-refractivity contribution in [3.63, 3.8) is 0 Å². The van der Waals surface area contributed by atoms with Gasteiger partial charge in [-0.25, -0.2) is 0 Å². The molecule has 3 aliphatic carbocycles. The number of carbonyl (C=O) groups is 3. The lowest BCUT2D eigenvalue weighted by Gasteiger charge is -2.59. The summed E-state index contributed by atoms with van der Waals surface area (Å²) < 4.78 is 0. The van der Waals surface area contributed by atoms with Gasteiger partial charge in [-0.2, -0.15) is 0 Å². The van der Waals surface area contributed by atoms with E-state index in [0.717, 1.165) is 12.5 Å². The maximum Gasteiger partial charge on any atom is 0.209 e. The number of carbonyl (C=O) groups excluding carboxylic acids is 3. The predicted molar refractivity (Wildman–Crippen MR) is 135 cm³/mol. The number of allylic oxidation sites excluding steroid dienone is 3. The summed E-state index contributed by atoms with van der Waals surface area (Å²) in [6.07, 6.45) is 0.299. The summed E-state index contributed by atoms with van der Waals surface area (Å²) in [6.45, 7) is 15.6. The number of phenols is 1. The molecule has 0 bridgehead atoms. The first kappa shape index (κ1) is 25.9. The van der Waals surface area contributed by atoms with Crippen molar-refractivity contribution in [3.05, 3.63) is 57.6 Å². The fraction of sp³-hybridized carbons (Fsp3) is 0.483. The zero-order valence-electron chi connectivity index (χ0n) is 21.9. The lowest BCUT2D eigenvalue weighted by atomic mass is 9.44. The molecule has 4 atom stereocenters. The number of rotatable bonds is 3. The maximum atomic E-state index is 14.0. The second kappa shape index (κ2) is 7.65. The number of Topliss-reactive ketones (excluding diaryl/α,β-unsaturated/α-hetero) is 3. The maximum absolute atomic E-state index is 14.0. The van der Waals surface area contributed by atoms with Gasteiger partial charge in [0.2, 0.25) is 5.78 Å². The van der Waals surface area contributed by atoms with E-state index in [1.807, 2.05) is 6.92 Å². The number of aliphatic hydroxyl groups excluding tert-OH is 2. The molecule has 4 N–H and O–H groups in total. The van der Waals surface area contributed by atoms with Gasteiger partial charge in [-0.15, -0.1) is 0 Å². The minimum Gasteiger partial charge on any atom is -0.511 e. The Kier molecular flexibility index (Phi) is 5.50. The quantitative estimate of drug-likeness (QED) is 0.448. The summed E-state index contributed by atoms with van der Waals surface area (Å²) in [5.41, 5.74) is -3.28. The standard InChI is InChI=1S/C29H34O7/c1-12(2)16-9-14(5)22(31)19-17(16)10-27(7)11-28(8)20(13(3)4)23(32)18(15(6)30)25(34)29(28,36)26(35)21(27)24(19)33/h9,13,20,31-32,35-36H,1,10-11H2,2-8H3/t20?,27-,28-,29+/m1/s1. The van der Waals surface area contributed by atoms with Crippen molar-refractivity contribution in [2.45, 2.75) is 66.9 Å². The molecule has 0 fully saturated rings. The number of aryl methyl sites for hydroxylation is 1. The molecular formula is C29H34O7. The molecule has 0 heterocycles. The summed E-state index contributed by atoms with van der Waals surface area (Å²) in [6, 6.07) is 1.78. The summed E-state index contributed by atoms with van der Waals surface area (Å²) in [7, 11) is 0. The first-order valence-electron chi connectivity index (χ1n) is 12.2. The van der Waals surface area contributed by atoms with Gasteiger partial charge in [0.1, 0.15) is 22.8 Å². The molecule has 0 spiro atoms. The van der Waals surface area contributed by atoms with E-state index in [9.17, 15) is 34.8 Å². The van der Waals surface area contributed by atoms with Gasteiger partial charge in [0.05, 0.1) is 5.56 Å². The van der Waals surface area contributed by atoms with Crippen LogP contribution in [0.4, 0.5) is 0 Å². The fourth-order valence-corrected chi connectivity index (χ4v) is 7.32. The Morgan fingerprint density at radius 2 is 1.72 bits per heavy atom. The topological polar surface area (TPSA) is 132 Å². The van der Waals surface area contributed by atoms with Gasteiger partial charge in [-0.1, -0.05) is 39.8 Å². The van der Waals surface area contributed by atoms with Crippen LogP contribution in [0.3, 0.4) is 0 Å². The van der Waals surface area contributed by atoms with Crippen LogP contribution in [0.1, 0.15) is 75.0 Å². The molecule has 0 aliphatic heterocycles. The fourth-order valence-electron chi connectivity index (χ4n) is 7.32. The van der Waals surface area contributed by atoms with E-state index in [-0.39, 0.29) is 35.6 Å². The molecule has 0 amide bonds. The summed E-state index contributed by atoms with van der Waals surface area (Å²) in [4.78, 5) is 40.1. The number of benzene rings is 1. The molecule has 7 nitrogen and oxygen atoms in total. The van der Waals surface area contributed by atoms with Crippen LogP contribution < -0.4 is 0 Å². The van der Waals surface area contributed by atoms with E-state index in [0.29, 0.717) is 16.7 Å². The molecule has 1 unspecified atom stereocenters. The van der Waals surface area contributed by atoms with Crippen molar-refractivity contribution < 1.29 is 34.8 Å². The van der Waals surface area contributed by atoms with Crippen LogP contribution in [-0.4, -0.2) is 43.4 Å². The Labute approximate surface area is 210 Å². The molecular weight excluding hydrogens is 460 g/mol. The second-order valence-electron chi connectivity index (χ2n) is 11.7. The first-order valence-corrected chi connectivity index (χ1v) is 12.2. The lowest BCUT2D eigenvalue weighted by Crippen LogP contribution is -2.67. The number of ketones is 3. The van der Waals surface area contributed by atoms with E-state index >= 15 is 0 Å². The number of hydrogen-bond donors (Lipinski definition) is 4. The third kappa shape index (κ3) is 2.92. The van der Waals surface area contributed by atoms with Crippen LogP contribution in [0, 0.1) is 29.6 Å². The van der Waals surface area contributed by atoms with Gasteiger partial charge in [0.15, 0.2) is 17.2 Å². The Balaban J connectivity index is 2.11. The number of fused-ring (bicyclic) bond motifs is 3. The SMILES string of the molecule is C=C(C)c1cc(C)c(O)c2c1C[C@]1(C)C[C@]3(C)C(C(C)C)C(O)=C(C(C)=O)C(=O)[C@]3(O)C(O)=C1C2=O. The zero-order chi connectivity index (χ0) is 27.3. The summed E-state index contributed by atoms with van der Waals surface area (Å²) >= 11 is 0. The number of phenolic OH excluding ortho intramolecular Hbond substituents is 1. The van der Waals surface area contributed by atoms with Crippen molar-refractivity contribution in [2.75, 3.05) is 0 Å². The molecule has 36 heavy (non-hydrogen) atoms. The molecule has 0 saturated carbocycles. The van der Waals surface area contributed by atoms with E-state index in [1.54, 1.807) is 40.7 Å². The smallest absolute Gasteiger partial charge is 0.209 e. The minimum atomic E-state index is -2.60. The van der Waals surface area contributed by atoms with Crippen LogP contribution in [-0.2, 0) is 16.0 Å². The summed E-state index contributed by atoms with van der Waals surface area (Å²) in [5, 5.41) is 45.7. The number of aromatic hydroxyl groups is 1. The lowest BCUT2D eigenvalue weighted by molar-refractivity contribution is -0.171. The zero-order valence-corrected chi connectivity index (χ0v) is 21.9. The Bertz CT molecular complexity index is 1340. The average molecular weight is 495 g/mol. The Morgan fingerprint density at radius 3 is 2.22 bits per heavy atom. The van der Waals surface area contributed by atoms with Crippen molar-refractivity contribution in [2.24, 2.45) is 22.7 Å². The first-order chi connectivity index (χ1) is 16.5. The highest BCUT2D eigenvalue weighted by molar-refractivity contribution is 6.25. The van der Waals surface area contributed by atoms with Gasteiger partial charge >= 0.3 is 0 Å². The van der Waals surface area contributed by atoms with Gasteiger partial charge in [0.25, 0.3) is 0 Å². The number of hydrogen-bond acceptors (Lipinski definition) is 7. The average Bonchev–Trinajstić information content (AvgIpc) is 2.72. The molecule has 1 aromatic rings. The highest BCUT2D eigenvalue weighted by Gasteiger charge is 2.71. The monoisotopic (exact) mass is 494 g/mol. The van der Waals surface area contributed by atoms with Crippen molar-refractivity contribution in [1.82, 2.24) is 0 Å².